The first-order valence-electron chi connectivity index (χ1n) is 12.7. The predicted octanol–water partition coefficient (Wildman–Crippen LogP) is 5.93. The van der Waals surface area contributed by atoms with Crippen molar-refractivity contribution < 1.29 is 28.2 Å². The van der Waals surface area contributed by atoms with E-state index in [0.29, 0.717) is 17.7 Å². The molecule has 0 heterocycles. The molecule has 0 bridgehead atoms. The lowest BCUT2D eigenvalue weighted by atomic mass is 9.96. The van der Waals surface area contributed by atoms with Gasteiger partial charge in [-0.3, -0.25) is 9.59 Å². The van der Waals surface area contributed by atoms with Crippen molar-refractivity contribution in [1.29, 1.82) is 0 Å². The van der Waals surface area contributed by atoms with Crippen molar-refractivity contribution in [3.05, 3.63) is 89.8 Å². The smallest absolute Gasteiger partial charge is 0.350 e. The van der Waals surface area contributed by atoms with Crippen LogP contribution < -0.4 is 15.4 Å². The molecule has 0 aromatic heterocycles. The minimum absolute atomic E-state index is 0.0810. The molecule has 0 radical (unpaired) electrons. The zero-order valence-electron chi connectivity index (χ0n) is 22.9. The van der Waals surface area contributed by atoms with Crippen LogP contribution >= 0.6 is 11.8 Å². The van der Waals surface area contributed by atoms with E-state index in [1.54, 1.807) is 26.8 Å². The second-order valence-electron chi connectivity index (χ2n) is 9.58. The van der Waals surface area contributed by atoms with Gasteiger partial charge in [0.1, 0.15) is 5.75 Å². The molecule has 2 rings (SSSR count). The fraction of sp³-hybridized carbons (Fsp3) is 0.400. The zero-order chi connectivity index (χ0) is 29.2. The van der Waals surface area contributed by atoms with E-state index in [9.17, 15) is 14.7 Å². The van der Waals surface area contributed by atoms with Gasteiger partial charge in [0.25, 0.3) is 5.91 Å². The van der Waals surface area contributed by atoms with E-state index >= 15 is 8.78 Å². The first kappa shape index (κ1) is 31.9. The Bertz CT molecular complexity index is 1150. The van der Waals surface area contributed by atoms with Crippen LogP contribution in [0.4, 0.5) is 8.78 Å². The molecule has 0 aliphatic carbocycles. The summed E-state index contributed by atoms with van der Waals surface area (Å²) in [5.41, 5.74) is 1.15. The normalized spacial score (nSPS) is 12.9. The summed E-state index contributed by atoms with van der Waals surface area (Å²) in [4.78, 5) is 25.9. The summed E-state index contributed by atoms with van der Waals surface area (Å²) < 4.78 is 35.9. The number of hydrogen-bond donors (Lipinski definition) is 3. The maximum absolute atomic E-state index is 15.4. The number of carbonyl (C=O) groups excluding carboxylic acids is 2. The quantitative estimate of drug-likeness (QED) is 0.221. The molecular weight excluding hydrogens is 522 g/mol. The third-order valence-electron chi connectivity index (χ3n) is 6.19. The van der Waals surface area contributed by atoms with Gasteiger partial charge >= 0.3 is 5.92 Å². The van der Waals surface area contributed by atoms with Gasteiger partial charge in [0, 0.05) is 23.4 Å². The third-order valence-corrected chi connectivity index (χ3v) is 7.22. The number of nitrogens with one attached hydrogen (secondary N) is 2. The monoisotopic (exact) mass is 560 g/mol. The fourth-order valence-electron chi connectivity index (χ4n) is 4.03. The number of ether oxygens (including phenoxy) is 1. The molecule has 1 amide bonds. The van der Waals surface area contributed by atoms with Gasteiger partial charge in [-0.15, -0.1) is 11.8 Å². The number of methoxy groups -OCH3 is 1. The molecule has 212 valence electrons. The van der Waals surface area contributed by atoms with Gasteiger partial charge in [-0.1, -0.05) is 70.3 Å². The van der Waals surface area contributed by atoms with Gasteiger partial charge in [0.15, 0.2) is 5.78 Å². The molecule has 0 fully saturated rings. The predicted molar refractivity (Wildman–Crippen MR) is 153 cm³/mol. The Morgan fingerprint density at radius 1 is 1.10 bits per heavy atom. The van der Waals surface area contributed by atoms with Crippen molar-refractivity contribution in [3.8, 4) is 5.75 Å². The summed E-state index contributed by atoms with van der Waals surface area (Å²) >= 11 is 1.42. The van der Waals surface area contributed by atoms with Crippen LogP contribution in [-0.4, -0.2) is 41.7 Å². The fourth-order valence-corrected chi connectivity index (χ4v) is 4.96. The summed E-state index contributed by atoms with van der Waals surface area (Å²) in [5, 5.41) is 15.2. The highest BCUT2D eigenvalue weighted by Gasteiger charge is 2.44. The van der Waals surface area contributed by atoms with Crippen molar-refractivity contribution >= 4 is 23.5 Å². The Kier molecular flexibility index (Phi) is 12.0. The largest absolute Gasteiger partial charge is 0.513 e. The number of halogens is 2. The Balaban J connectivity index is 2.16. The van der Waals surface area contributed by atoms with E-state index < -0.39 is 29.5 Å². The number of aliphatic hydroxyl groups is 1. The number of alkyl halides is 2. The molecule has 39 heavy (non-hydrogen) atoms. The van der Waals surface area contributed by atoms with E-state index in [2.05, 4.69) is 23.8 Å². The summed E-state index contributed by atoms with van der Waals surface area (Å²) in [6.45, 7) is 12.6. The van der Waals surface area contributed by atoms with Gasteiger partial charge in [-0.25, -0.2) is 0 Å². The molecule has 2 atom stereocenters. The average Bonchev–Trinajstić information content (AvgIpc) is 2.90. The lowest BCUT2D eigenvalue weighted by Crippen LogP contribution is -2.51. The number of thioether (sulfide) groups is 1. The van der Waals surface area contributed by atoms with Crippen molar-refractivity contribution in [1.82, 2.24) is 10.6 Å². The molecule has 9 heteroatoms. The maximum Gasteiger partial charge on any atom is 0.350 e. The third kappa shape index (κ3) is 9.13. The molecule has 0 unspecified atom stereocenters. The van der Waals surface area contributed by atoms with Gasteiger partial charge in [-0.05, 0) is 35.6 Å². The SMILES string of the molecule is C=C(O)C[C@H](NC(=C)[C@@H](NC(=O)C(F)(F)c1cc(OC)ccc1CC)C(C)C)C(=O)CSCc1ccccc1. The number of hydrogen-bond acceptors (Lipinski definition) is 6. The number of carbonyl (C=O) groups is 2. The van der Waals surface area contributed by atoms with Crippen molar-refractivity contribution in [2.24, 2.45) is 5.92 Å². The first-order valence-corrected chi connectivity index (χ1v) is 13.9. The van der Waals surface area contributed by atoms with Crippen molar-refractivity contribution in [2.75, 3.05) is 12.9 Å². The number of aryl methyl sites for hydroxylation is 1. The van der Waals surface area contributed by atoms with E-state index in [-0.39, 0.29) is 41.1 Å². The van der Waals surface area contributed by atoms with E-state index in [1.165, 1.54) is 31.0 Å². The summed E-state index contributed by atoms with van der Waals surface area (Å²) in [5.74, 6) is -5.07. The van der Waals surface area contributed by atoms with Gasteiger partial charge in [-0.2, -0.15) is 8.78 Å². The number of rotatable bonds is 16. The second kappa shape index (κ2) is 14.7. The van der Waals surface area contributed by atoms with Gasteiger partial charge < -0.3 is 20.5 Å². The molecular formula is C30H38F2N2O4S. The molecule has 0 aliphatic heterocycles. The highest BCUT2D eigenvalue weighted by molar-refractivity contribution is 7.99. The topological polar surface area (TPSA) is 87.7 Å². The van der Waals surface area contributed by atoms with Crippen molar-refractivity contribution in [3.63, 3.8) is 0 Å². The number of Topliss-reactive ketones (excluding diaryl/α,β-unsaturated/α-hetero) is 1. The Labute approximate surface area is 233 Å². The highest BCUT2D eigenvalue weighted by atomic mass is 32.2. The Hall–Kier alpha value is -3.33. The second-order valence-corrected chi connectivity index (χ2v) is 10.6. The van der Waals surface area contributed by atoms with Gasteiger partial charge in [0.05, 0.1) is 30.7 Å². The number of amides is 1. The van der Waals surface area contributed by atoms with Crippen LogP contribution in [0.5, 0.6) is 5.75 Å². The molecule has 3 N–H and O–H groups in total. The maximum atomic E-state index is 15.4. The molecule has 6 nitrogen and oxygen atoms in total. The average molecular weight is 561 g/mol. The number of aliphatic hydroxyl groups excluding tert-OH is 1. The van der Waals surface area contributed by atoms with Crippen LogP contribution in [0.3, 0.4) is 0 Å². The Morgan fingerprint density at radius 2 is 1.77 bits per heavy atom. The van der Waals surface area contributed by atoms with Crippen LogP contribution in [0.15, 0.2) is 73.1 Å². The molecule has 2 aromatic carbocycles. The molecule has 0 saturated heterocycles. The van der Waals surface area contributed by atoms with E-state index in [0.717, 1.165) is 5.56 Å². The summed E-state index contributed by atoms with van der Waals surface area (Å²) in [7, 11) is 1.37. The van der Waals surface area contributed by atoms with Crippen LogP contribution in [0, 0.1) is 5.92 Å². The number of benzene rings is 2. The molecule has 2 aromatic rings. The van der Waals surface area contributed by atoms with Crippen LogP contribution in [-0.2, 0) is 27.7 Å². The zero-order valence-corrected chi connectivity index (χ0v) is 23.7. The highest BCUT2D eigenvalue weighted by Crippen LogP contribution is 2.34. The molecule has 0 saturated carbocycles. The standard InChI is InChI=1S/C30H38F2N2O4S/c1-7-23-13-14-24(38-6)16-25(23)30(31,32)29(37)34-28(19(2)3)21(5)33-26(15-20(4)35)27(36)18-39-17-22-11-9-8-10-12-22/h8-14,16,19,26,28,33,35H,4-5,7,15,17-18H2,1-3,6H3,(H,34,37)/t26-,28-/m0/s1. The summed E-state index contributed by atoms with van der Waals surface area (Å²) in [6.07, 6.45) is 0.226. The van der Waals surface area contributed by atoms with E-state index in [1.807, 2.05) is 30.3 Å². The van der Waals surface area contributed by atoms with Crippen LogP contribution in [0.1, 0.15) is 43.9 Å². The minimum Gasteiger partial charge on any atom is -0.513 e. The van der Waals surface area contributed by atoms with Crippen molar-refractivity contribution in [2.45, 2.75) is 57.4 Å². The molecule has 0 aliphatic rings. The van der Waals surface area contributed by atoms with E-state index in [4.69, 9.17) is 4.74 Å². The van der Waals surface area contributed by atoms with Gasteiger partial charge in [0.2, 0.25) is 0 Å². The lowest BCUT2D eigenvalue weighted by Gasteiger charge is -2.30. The Morgan fingerprint density at radius 3 is 2.33 bits per heavy atom. The minimum atomic E-state index is -3.84. The van der Waals surface area contributed by atoms with Crippen LogP contribution in [0.2, 0.25) is 0 Å². The summed E-state index contributed by atoms with van der Waals surface area (Å²) in [6, 6.07) is 12.1. The number of ketones is 1. The lowest BCUT2D eigenvalue weighted by molar-refractivity contribution is -0.148. The molecule has 0 spiro atoms. The van der Waals surface area contributed by atoms with Crippen LogP contribution in [0.25, 0.3) is 0 Å². The first-order chi connectivity index (χ1) is 18.4.